The Balaban J connectivity index is 2.54. The van der Waals surface area contributed by atoms with Crippen molar-refractivity contribution in [2.75, 3.05) is 13.7 Å². The molecule has 1 aromatic rings. The maximum atomic E-state index is 5.49. The molecule has 18 heavy (non-hydrogen) atoms. The average Bonchev–Trinajstić information content (AvgIpc) is 2.40. The van der Waals surface area contributed by atoms with Crippen LogP contribution in [0.1, 0.15) is 57.6 Å². The van der Waals surface area contributed by atoms with E-state index >= 15 is 0 Å². The number of pyridine rings is 1. The maximum absolute atomic E-state index is 5.49. The number of ether oxygens (including phenoxy) is 1. The highest BCUT2D eigenvalue weighted by atomic mass is 16.5. The molecule has 0 aliphatic carbocycles. The van der Waals surface area contributed by atoms with Gasteiger partial charge < -0.3 is 10.1 Å². The van der Waals surface area contributed by atoms with E-state index in [4.69, 9.17) is 4.74 Å². The maximum Gasteiger partial charge on any atom is 0.137 e. The van der Waals surface area contributed by atoms with Crippen LogP contribution >= 0.6 is 0 Å². The zero-order valence-electron chi connectivity index (χ0n) is 11.9. The molecule has 0 radical (unpaired) electrons. The summed E-state index contributed by atoms with van der Waals surface area (Å²) in [4.78, 5) is 4.25. The monoisotopic (exact) mass is 250 g/mol. The molecule has 0 bridgehead atoms. The second kappa shape index (κ2) is 8.92. The van der Waals surface area contributed by atoms with E-state index in [0.29, 0.717) is 12.6 Å². The quantitative estimate of drug-likeness (QED) is 0.678. The second-order valence-corrected chi connectivity index (χ2v) is 4.58. The van der Waals surface area contributed by atoms with Crippen LogP contribution in [0.3, 0.4) is 0 Å². The van der Waals surface area contributed by atoms with E-state index in [1.165, 1.54) is 31.2 Å². The van der Waals surface area contributed by atoms with Gasteiger partial charge in [0.25, 0.3) is 0 Å². The summed E-state index contributed by atoms with van der Waals surface area (Å²) in [5, 5.41) is 3.37. The van der Waals surface area contributed by atoms with Crippen LogP contribution in [0.15, 0.2) is 18.5 Å². The number of hydrogen-bond donors (Lipinski definition) is 1. The standard InChI is InChI=1S/C15H26N2O/c1-4-6-7-8-9-15(16-3)13-10-14(18-5-2)12-17-11-13/h10-12,15-16H,4-9H2,1-3H3. The van der Waals surface area contributed by atoms with Crippen molar-refractivity contribution in [3.05, 3.63) is 24.0 Å². The summed E-state index contributed by atoms with van der Waals surface area (Å²) in [6.07, 6.45) is 10.1. The fourth-order valence-electron chi connectivity index (χ4n) is 2.12. The minimum Gasteiger partial charge on any atom is -0.492 e. The molecule has 1 N–H and O–H groups in total. The van der Waals surface area contributed by atoms with Crippen LogP contribution in [-0.2, 0) is 0 Å². The van der Waals surface area contributed by atoms with Crippen molar-refractivity contribution in [1.82, 2.24) is 10.3 Å². The lowest BCUT2D eigenvalue weighted by atomic mass is 10.0. The summed E-state index contributed by atoms with van der Waals surface area (Å²) >= 11 is 0. The van der Waals surface area contributed by atoms with Crippen LogP contribution < -0.4 is 10.1 Å². The van der Waals surface area contributed by atoms with Crippen molar-refractivity contribution in [3.63, 3.8) is 0 Å². The molecular weight excluding hydrogens is 224 g/mol. The van der Waals surface area contributed by atoms with Gasteiger partial charge in [-0.2, -0.15) is 0 Å². The lowest BCUT2D eigenvalue weighted by Crippen LogP contribution is -2.16. The van der Waals surface area contributed by atoms with Crippen molar-refractivity contribution in [3.8, 4) is 5.75 Å². The van der Waals surface area contributed by atoms with Crippen molar-refractivity contribution < 1.29 is 4.74 Å². The van der Waals surface area contributed by atoms with E-state index < -0.39 is 0 Å². The fourth-order valence-corrected chi connectivity index (χ4v) is 2.12. The van der Waals surface area contributed by atoms with Gasteiger partial charge >= 0.3 is 0 Å². The van der Waals surface area contributed by atoms with Gasteiger partial charge in [-0.05, 0) is 32.0 Å². The van der Waals surface area contributed by atoms with Gasteiger partial charge in [-0.3, -0.25) is 4.98 Å². The zero-order chi connectivity index (χ0) is 13.2. The van der Waals surface area contributed by atoms with Crippen molar-refractivity contribution in [1.29, 1.82) is 0 Å². The minimum absolute atomic E-state index is 0.384. The third kappa shape index (κ3) is 5.05. The highest BCUT2D eigenvalue weighted by Gasteiger charge is 2.10. The molecule has 0 amide bonds. The Hall–Kier alpha value is -1.09. The molecule has 1 aromatic heterocycles. The van der Waals surface area contributed by atoms with E-state index in [-0.39, 0.29) is 0 Å². The molecule has 3 nitrogen and oxygen atoms in total. The van der Waals surface area contributed by atoms with Gasteiger partial charge in [0, 0.05) is 12.2 Å². The molecule has 1 heterocycles. The van der Waals surface area contributed by atoms with Crippen LogP contribution in [0.5, 0.6) is 5.75 Å². The fraction of sp³-hybridized carbons (Fsp3) is 0.667. The molecule has 0 fully saturated rings. The van der Waals surface area contributed by atoms with Gasteiger partial charge in [-0.15, -0.1) is 0 Å². The molecular formula is C15H26N2O. The Morgan fingerprint density at radius 2 is 2.06 bits per heavy atom. The van der Waals surface area contributed by atoms with Crippen LogP contribution in [0.4, 0.5) is 0 Å². The Bertz CT molecular complexity index is 328. The van der Waals surface area contributed by atoms with Crippen molar-refractivity contribution >= 4 is 0 Å². The molecule has 1 rings (SSSR count). The first kappa shape index (κ1) is 15.0. The largest absolute Gasteiger partial charge is 0.492 e. The normalized spacial score (nSPS) is 12.4. The van der Waals surface area contributed by atoms with Gasteiger partial charge in [-0.25, -0.2) is 0 Å². The van der Waals surface area contributed by atoms with Crippen molar-refractivity contribution in [2.45, 2.75) is 52.0 Å². The van der Waals surface area contributed by atoms with E-state index in [2.05, 4.69) is 23.3 Å². The van der Waals surface area contributed by atoms with E-state index in [1.54, 1.807) is 6.20 Å². The lowest BCUT2D eigenvalue weighted by Gasteiger charge is -2.17. The first-order valence-corrected chi connectivity index (χ1v) is 7.06. The van der Waals surface area contributed by atoms with E-state index in [0.717, 1.165) is 12.2 Å². The van der Waals surface area contributed by atoms with Crippen LogP contribution in [0.25, 0.3) is 0 Å². The predicted molar refractivity (Wildman–Crippen MR) is 76.0 cm³/mol. The molecule has 0 aromatic carbocycles. The molecule has 0 spiro atoms. The molecule has 1 atom stereocenters. The molecule has 0 aliphatic rings. The summed E-state index contributed by atoms with van der Waals surface area (Å²) < 4.78 is 5.49. The molecule has 102 valence electrons. The molecule has 0 saturated carbocycles. The summed E-state index contributed by atoms with van der Waals surface area (Å²) in [6, 6.07) is 2.48. The van der Waals surface area contributed by atoms with Crippen molar-refractivity contribution in [2.24, 2.45) is 0 Å². The van der Waals surface area contributed by atoms with Gasteiger partial charge in [0.15, 0.2) is 0 Å². The Morgan fingerprint density at radius 1 is 1.22 bits per heavy atom. The summed E-state index contributed by atoms with van der Waals surface area (Å²) in [7, 11) is 2.01. The number of rotatable bonds is 9. The summed E-state index contributed by atoms with van der Waals surface area (Å²) in [5.74, 6) is 0.865. The summed E-state index contributed by atoms with van der Waals surface area (Å²) in [6.45, 7) is 4.92. The zero-order valence-corrected chi connectivity index (χ0v) is 11.9. The number of nitrogens with zero attached hydrogens (tertiary/aromatic N) is 1. The first-order valence-electron chi connectivity index (χ1n) is 7.06. The number of hydrogen-bond acceptors (Lipinski definition) is 3. The Labute approximate surface area is 111 Å². The number of unbranched alkanes of at least 4 members (excludes halogenated alkanes) is 3. The van der Waals surface area contributed by atoms with Gasteiger partial charge in [-0.1, -0.05) is 32.6 Å². The Kier molecular flexibility index (Phi) is 7.42. The number of nitrogens with one attached hydrogen (secondary N) is 1. The van der Waals surface area contributed by atoms with Gasteiger partial charge in [0.05, 0.1) is 12.8 Å². The Morgan fingerprint density at radius 3 is 2.72 bits per heavy atom. The van der Waals surface area contributed by atoms with Gasteiger partial charge in [0.1, 0.15) is 5.75 Å². The smallest absolute Gasteiger partial charge is 0.137 e. The SMILES string of the molecule is CCCCCCC(NC)c1cncc(OCC)c1. The second-order valence-electron chi connectivity index (χ2n) is 4.58. The molecule has 3 heteroatoms. The lowest BCUT2D eigenvalue weighted by molar-refractivity contribution is 0.337. The topological polar surface area (TPSA) is 34.2 Å². The van der Waals surface area contributed by atoms with E-state index in [9.17, 15) is 0 Å². The van der Waals surface area contributed by atoms with Crippen LogP contribution in [0, 0.1) is 0 Å². The molecule has 0 saturated heterocycles. The minimum atomic E-state index is 0.384. The predicted octanol–water partition coefficient (Wildman–Crippen LogP) is 3.71. The van der Waals surface area contributed by atoms with Gasteiger partial charge in [0.2, 0.25) is 0 Å². The third-order valence-corrected chi connectivity index (χ3v) is 3.14. The molecule has 0 aliphatic heterocycles. The van der Waals surface area contributed by atoms with Crippen LogP contribution in [0.2, 0.25) is 0 Å². The van der Waals surface area contributed by atoms with Crippen LogP contribution in [-0.4, -0.2) is 18.6 Å². The molecule has 1 unspecified atom stereocenters. The first-order chi connectivity index (χ1) is 8.81. The summed E-state index contributed by atoms with van der Waals surface area (Å²) in [5.41, 5.74) is 1.22. The highest BCUT2D eigenvalue weighted by molar-refractivity contribution is 5.25. The third-order valence-electron chi connectivity index (χ3n) is 3.14. The number of aromatic nitrogens is 1. The van der Waals surface area contributed by atoms with E-state index in [1.807, 2.05) is 20.2 Å². The average molecular weight is 250 g/mol. The highest BCUT2D eigenvalue weighted by Crippen LogP contribution is 2.22.